The minimum absolute atomic E-state index is 0.0229. The van der Waals surface area contributed by atoms with E-state index in [0.717, 1.165) is 85.3 Å². The highest BCUT2D eigenvalue weighted by Gasteiger charge is 2.47. The van der Waals surface area contributed by atoms with E-state index < -0.39 is 29.4 Å². The van der Waals surface area contributed by atoms with Gasteiger partial charge in [-0.1, -0.05) is 18.2 Å². The number of amides is 1. The molecule has 3 aromatic rings. The number of hydrogen-bond donors (Lipinski definition) is 0. The van der Waals surface area contributed by atoms with Gasteiger partial charge in [0.2, 0.25) is 0 Å². The van der Waals surface area contributed by atoms with E-state index in [4.69, 9.17) is 9.47 Å². The zero-order chi connectivity index (χ0) is 27.9. The number of carbonyl (C=O) groups excluding carboxylic acids is 1. The van der Waals surface area contributed by atoms with Gasteiger partial charge in [-0.3, -0.25) is 4.90 Å². The van der Waals surface area contributed by atoms with Gasteiger partial charge in [0.25, 0.3) is 0 Å². The molecule has 4 aliphatic heterocycles. The fraction of sp³-hybridized carbons (Fsp3) is 0.387. The molecule has 4 aliphatic rings. The summed E-state index contributed by atoms with van der Waals surface area (Å²) in [5, 5.41) is 0. The zero-order valence-electron chi connectivity index (χ0n) is 22.1. The lowest BCUT2D eigenvalue weighted by molar-refractivity contribution is -0.945. The molecule has 1 amide bonds. The summed E-state index contributed by atoms with van der Waals surface area (Å²) in [5.41, 5.74) is 2.73. The topological polar surface area (TPSA) is 38.8 Å². The van der Waals surface area contributed by atoms with E-state index in [9.17, 15) is 22.4 Å². The lowest BCUT2D eigenvalue weighted by Gasteiger charge is -2.52. The zero-order valence-corrected chi connectivity index (χ0v) is 22.1. The third kappa shape index (κ3) is 5.39. The van der Waals surface area contributed by atoms with Crippen molar-refractivity contribution < 1.29 is 36.3 Å². The number of quaternary nitrogens is 1. The second-order valence-electron chi connectivity index (χ2n) is 11.2. The Kier molecular flexibility index (Phi) is 7.16. The van der Waals surface area contributed by atoms with E-state index in [-0.39, 0.29) is 29.8 Å². The number of benzene rings is 3. The Morgan fingerprint density at radius 2 is 1.75 bits per heavy atom. The third-order valence-corrected chi connectivity index (χ3v) is 8.65. The van der Waals surface area contributed by atoms with Gasteiger partial charge in [-0.15, -0.1) is 0 Å². The van der Waals surface area contributed by atoms with Crippen molar-refractivity contribution in [2.24, 2.45) is 5.92 Å². The predicted octanol–water partition coefficient (Wildman–Crippen LogP) is 6.17. The van der Waals surface area contributed by atoms with Gasteiger partial charge in [-0.2, -0.15) is 0 Å². The number of fused-ring (bicyclic) bond motifs is 4. The molecule has 0 aliphatic carbocycles. The number of rotatable bonds is 7. The lowest BCUT2D eigenvalue weighted by atomic mass is 9.83. The van der Waals surface area contributed by atoms with Crippen molar-refractivity contribution in [2.45, 2.75) is 38.3 Å². The normalized spacial score (nSPS) is 23.0. The summed E-state index contributed by atoms with van der Waals surface area (Å²) in [6, 6.07) is 13.4. The molecule has 3 fully saturated rings. The van der Waals surface area contributed by atoms with Crippen LogP contribution in [0, 0.1) is 29.2 Å². The van der Waals surface area contributed by atoms with Gasteiger partial charge < -0.3 is 14.0 Å². The number of piperidine rings is 3. The molecule has 0 spiro atoms. The minimum atomic E-state index is -1.59. The van der Waals surface area contributed by atoms with Crippen molar-refractivity contribution in [3.8, 4) is 5.75 Å². The molecule has 40 heavy (non-hydrogen) atoms. The van der Waals surface area contributed by atoms with Crippen LogP contribution >= 0.6 is 0 Å². The number of carbonyl (C=O) groups is 1. The van der Waals surface area contributed by atoms with Crippen LogP contribution in [0.4, 0.5) is 28.0 Å². The number of ether oxygens (including phenoxy) is 2. The molecule has 7 rings (SSSR count). The van der Waals surface area contributed by atoms with E-state index in [1.54, 1.807) is 0 Å². The largest absolute Gasteiger partial charge is 0.493 e. The molecule has 3 saturated heterocycles. The fourth-order valence-corrected chi connectivity index (χ4v) is 6.41. The maximum atomic E-state index is 14.1. The van der Waals surface area contributed by atoms with E-state index in [0.29, 0.717) is 6.54 Å². The second-order valence-corrected chi connectivity index (χ2v) is 11.2. The summed E-state index contributed by atoms with van der Waals surface area (Å²) >= 11 is 0. The number of hydrogen-bond acceptors (Lipinski definition) is 3. The monoisotopic (exact) mass is 555 g/mol. The summed E-state index contributed by atoms with van der Waals surface area (Å²) in [6.45, 7) is 4.08. The van der Waals surface area contributed by atoms with Gasteiger partial charge in [-0.05, 0) is 53.1 Å². The van der Waals surface area contributed by atoms with Crippen molar-refractivity contribution >= 4 is 11.8 Å². The van der Waals surface area contributed by atoms with Crippen LogP contribution < -0.4 is 9.64 Å². The SMILES string of the molecule is O=C(O[C@H]1C[N+]2(CCc3ccc4c(c3)CCO4)CCC1CC2)N(Cc1cc(F)c(F)c(F)c1)c1cccc(F)c1. The second kappa shape index (κ2) is 10.8. The first-order valence-corrected chi connectivity index (χ1v) is 13.8. The van der Waals surface area contributed by atoms with Gasteiger partial charge in [0.1, 0.15) is 18.1 Å². The highest BCUT2D eigenvalue weighted by atomic mass is 19.2. The smallest absolute Gasteiger partial charge is 0.415 e. The van der Waals surface area contributed by atoms with Crippen molar-refractivity contribution in [3.63, 3.8) is 0 Å². The van der Waals surface area contributed by atoms with Crippen LogP contribution in [0.25, 0.3) is 0 Å². The Bertz CT molecular complexity index is 1400. The maximum Gasteiger partial charge on any atom is 0.415 e. The molecular formula is C31H31F4N2O3+. The number of nitrogens with zero attached hydrogens (tertiary/aromatic N) is 2. The van der Waals surface area contributed by atoms with Crippen LogP contribution in [-0.4, -0.2) is 49.5 Å². The summed E-state index contributed by atoms with van der Waals surface area (Å²) < 4.78 is 68.0. The average Bonchev–Trinajstić information content (AvgIpc) is 3.42. The molecule has 0 aromatic heterocycles. The molecular weight excluding hydrogens is 524 g/mol. The number of halogens is 4. The third-order valence-electron chi connectivity index (χ3n) is 8.65. The van der Waals surface area contributed by atoms with Crippen molar-refractivity contribution in [2.75, 3.05) is 37.7 Å². The molecule has 2 bridgehead atoms. The molecule has 0 radical (unpaired) electrons. The Labute approximate surface area is 230 Å². The summed E-state index contributed by atoms with van der Waals surface area (Å²) in [5.74, 6) is -3.69. The van der Waals surface area contributed by atoms with Gasteiger partial charge in [-0.25, -0.2) is 22.4 Å². The van der Waals surface area contributed by atoms with Gasteiger partial charge in [0.05, 0.1) is 38.5 Å². The van der Waals surface area contributed by atoms with Crippen LogP contribution in [0.3, 0.4) is 0 Å². The fourth-order valence-electron chi connectivity index (χ4n) is 6.41. The summed E-state index contributed by atoms with van der Waals surface area (Å²) in [4.78, 5) is 14.7. The van der Waals surface area contributed by atoms with Crippen molar-refractivity contribution in [1.29, 1.82) is 0 Å². The van der Waals surface area contributed by atoms with Gasteiger partial charge in [0.15, 0.2) is 23.6 Å². The van der Waals surface area contributed by atoms with E-state index in [1.807, 2.05) is 6.07 Å². The predicted molar refractivity (Wildman–Crippen MR) is 141 cm³/mol. The standard InChI is InChI=1S/C31H31F4N2O3/c32-24-2-1-3-25(17-24)36(18-21-15-26(33)30(35)27(34)16-21)31(38)40-29-19-37(11-7-22(29)8-12-37)10-6-20-4-5-28-23(14-20)9-13-39-28/h1-5,14-17,22,29H,6-13,18-19H2/q+1/t22?,29-,37?/m0/s1. The van der Waals surface area contributed by atoms with Crippen LogP contribution in [0.15, 0.2) is 54.6 Å². The summed E-state index contributed by atoms with van der Waals surface area (Å²) in [6.07, 6.45) is 2.65. The van der Waals surface area contributed by atoms with Crippen LogP contribution in [0.1, 0.15) is 29.5 Å². The Morgan fingerprint density at radius 3 is 2.50 bits per heavy atom. The van der Waals surface area contributed by atoms with Gasteiger partial charge in [0, 0.05) is 31.6 Å². The molecule has 3 aromatic carbocycles. The van der Waals surface area contributed by atoms with E-state index >= 15 is 0 Å². The van der Waals surface area contributed by atoms with E-state index in [2.05, 4.69) is 12.1 Å². The van der Waals surface area contributed by atoms with Crippen LogP contribution in [0.5, 0.6) is 5.75 Å². The molecule has 4 heterocycles. The molecule has 0 N–H and O–H groups in total. The molecule has 1 atom stereocenters. The first kappa shape index (κ1) is 26.6. The van der Waals surface area contributed by atoms with Gasteiger partial charge >= 0.3 is 6.09 Å². The molecule has 210 valence electrons. The Morgan fingerprint density at radius 1 is 0.975 bits per heavy atom. The quantitative estimate of drug-likeness (QED) is 0.199. The minimum Gasteiger partial charge on any atom is -0.493 e. The van der Waals surface area contributed by atoms with Crippen molar-refractivity contribution in [3.05, 3.63) is 94.6 Å². The number of anilines is 1. The van der Waals surface area contributed by atoms with Crippen LogP contribution in [-0.2, 0) is 24.1 Å². The van der Waals surface area contributed by atoms with Crippen LogP contribution in [0.2, 0.25) is 0 Å². The molecule has 0 unspecified atom stereocenters. The molecule has 5 nitrogen and oxygen atoms in total. The Hall–Kier alpha value is -3.59. The maximum absolute atomic E-state index is 14.1. The van der Waals surface area contributed by atoms with Crippen molar-refractivity contribution in [1.82, 2.24) is 0 Å². The first-order valence-electron chi connectivity index (χ1n) is 13.8. The molecule has 0 saturated carbocycles. The van der Waals surface area contributed by atoms with E-state index in [1.165, 1.54) is 29.3 Å². The Balaban J connectivity index is 1.18. The lowest BCUT2D eigenvalue weighted by Crippen LogP contribution is -2.65. The summed E-state index contributed by atoms with van der Waals surface area (Å²) in [7, 11) is 0. The highest BCUT2D eigenvalue weighted by Crippen LogP contribution is 2.37. The highest BCUT2D eigenvalue weighted by molar-refractivity contribution is 5.87. The molecule has 9 heteroatoms. The first-order chi connectivity index (χ1) is 19.3. The average molecular weight is 556 g/mol.